The monoisotopic (exact) mass is 554 g/mol. The lowest BCUT2D eigenvalue weighted by Gasteiger charge is -2.23. The summed E-state index contributed by atoms with van der Waals surface area (Å²) in [5.41, 5.74) is 5.79. The standard InChI is InChI=1S/C32H34N2O.C2H6.CH4O.CH2O/c1-5-32(29-12-8-9-24(2)22-29)34(30-15-17-31(35-4)18-16-30)33-20-19-25(3)21-26-13-14-27-10-6-7-11-28(27)23-26;3*1-2/h5-18,20,22-23,25H,19,21H2,1-4H3;1-2H3;2H,1H3;1H2/b32-5-,33-20+;;;. The number of methoxy groups -OCH3 is 1. The molecule has 0 bridgehead atoms. The number of hydrogen-bond acceptors (Lipinski definition) is 5. The van der Waals surface area contributed by atoms with E-state index in [0.29, 0.717) is 5.92 Å². The minimum Gasteiger partial charge on any atom is -0.497 e. The molecule has 0 saturated carbocycles. The van der Waals surface area contributed by atoms with Gasteiger partial charge in [0.25, 0.3) is 0 Å². The molecule has 1 N–H and O–H groups in total. The Morgan fingerprint density at radius 1 is 0.927 bits per heavy atom. The van der Waals surface area contributed by atoms with Crippen molar-refractivity contribution in [3.63, 3.8) is 0 Å². The fourth-order valence-electron chi connectivity index (χ4n) is 4.37. The van der Waals surface area contributed by atoms with Crippen LogP contribution in [0.25, 0.3) is 16.5 Å². The van der Waals surface area contributed by atoms with Gasteiger partial charge in [0, 0.05) is 18.9 Å². The van der Waals surface area contributed by atoms with E-state index >= 15 is 0 Å². The lowest BCUT2D eigenvalue weighted by molar-refractivity contribution is -0.0980. The van der Waals surface area contributed by atoms with Crippen LogP contribution in [0.4, 0.5) is 5.69 Å². The van der Waals surface area contributed by atoms with E-state index in [0.717, 1.165) is 42.6 Å². The number of ether oxygens (including phenoxy) is 1. The number of allylic oxidation sites excluding steroid dienone is 1. The number of anilines is 1. The molecule has 0 amide bonds. The Hall–Kier alpha value is -4.22. The number of carbonyl (C=O) groups is 1. The third kappa shape index (κ3) is 10.7. The number of rotatable bonds is 9. The number of aliphatic hydroxyl groups is 1. The molecule has 0 spiro atoms. The van der Waals surface area contributed by atoms with Crippen LogP contribution in [0.2, 0.25) is 0 Å². The van der Waals surface area contributed by atoms with Crippen LogP contribution in [-0.2, 0) is 11.2 Å². The van der Waals surface area contributed by atoms with Crippen molar-refractivity contribution in [1.82, 2.24) is 0 Å². The number of benzene rings is 4. The van der Waals surface area contributed by atoms with Crippen LogP contribution in [0, 0.1) is 12.8 Å². The number of aryl methyl sites for hydroxylation is 1. The summed E-state index contributed by atoms with van der Waals surface area (Å²) in [6.07, 6.45) is 6.09. The molecule has 0 aliphatic heterocycles. The summed E-state index contributed by atoms with van der Waals surface area (Å²) < 4.78 is 5.36. The first kappa shape index (κ1) is 34.8. The molecule has 0 radical (unpaired) electrons. The van der Waals surface area contributed by atoms with Gasteiger partial charge in [0.2, 0.25) is 0 Å². The molecule has 218 valence electrons. The Morgan fingerprint density at radius 3 is 2.20 bits per heavy atom. The Bertz CT molecular complexity index is 1350. The Balaban J connectivity index is 0.00000131. The molecule has 4 aromatic rings. The van der Waals surface area contributed by atoms with E-state index in [2.05, 4.69) is 99.8 Å². The van der Waals surface area contributed by atoms with Gasteiger partial charge in [0.1, 0.15) is 12.5 Å². The smallest absolute Gasteiger partial charge is 0.119 e. The number of hydrazone groups is 1. The van der Waals surface area contributed by atoms with Crippen molar-refractivity contribution in [3.05, 3.63) is 114 Å². The zero-order valence-electron chi connectivity index (χ0n) is 25.7. The van der Waals surface area contributed by atoms with E-state index in [1.54, 1.807) is 7.11 Å². The maximum atomic E-state index is 8.00. The predicted molar refractivity (Wildman–Crippen MR) is 177 cm³/mol. The molecular formula is C36H46N2O3. The fraction of sp³-hybridized carbons (Fsp3) is 0.278. The average molecular weight is 555 g/mol. The van der Waals surface area contributed by atoms with E-state index in [1.807, 2.05) is 49.9 Å². The molecule has 4 aromatic carbocycles. The summed E-state index contributed by atoms with van der Waals surface area (Å²) in [6.45, 7) is 12.5. The third-order valence-corrected chi connectivity index (χ3v) is 6.24. The molecule has 5 heteroatoms. The molecule has 5 nitrogen and oxygen atoms in total. The zero-order valence-corrected chi connectivity index (χ0v) is 25.7. The molecule has 1 atom stereocenters. The molecule has 41 heavy (non-hydrogen) atoms. The predicted octanol–water partition coefficient (Wildman–Crippen LogP) is 8.73. The first-order valence-corrected chi connectivity index (χ1v) is 14.0. The Morgan fingerprint density at radius 2 is 1.59 bits per heavy atom. The van der Waals surface area contributed by atoms with Crippen molar-refractivity contribution in [2.24, 2.45) is 11.0 Å². The first-order chi connectivity index (χ1) is 20.1. The third-order valence-electron chi connectivity index (χ3n) is 6.24. The summed E-state index contributed by atoms with van der Waals surface area (Å²) in [7, 11) is 2.69. The van der Waals surface area contributed by atoms with Crippen LogP contribution < -0.4 is 9.75 Å². The molecule has 0 aliphatic carbocycles. The number of aliphatic hydroxyl groups excluding tert-OH is 1. The van der Waals surface area contributed by atoms with Crippen LogP contribution in [0.5, 0.6) is 5.75 Å². The van der Waals surface area contributed by atoms with Gasteiger partial charge in [0.15, 0.2) is 0 Å². The highest BCUT2D eigenvalue weighted by atomic mass is 16.5. The molecular weight excluding hydrogens is 508 g/mol. The van der Waals surface area contributed by atoms with E-state index in [9.17, 15) is 0 Å². The highest BCUT2D eigenvalue weighted by molar-refractivity contribution is 5.83. The summed E-state index contributed by atoms with van der Waals surface area (Å²) in [5, 5.41) is 16.6. The van der Waals surface area contributed by atoms with Gasteiger partial charge < -0.3 is 14.6 Å². The minimum absolute atomic E-state index is 0.477. The topological polar surface area (TPSA) is 62.1 Å². The minimum atomic E-state index is 0.477. The van der Waals surface area contributed by atoms with E-state index in [4.69, 9.17) is 19.7 Å². The number of fused-ring (bicyclic) bond motifs is 1. The van der Waals surface area contributed by atoms with Crippen LogP contribution in [0.15, 0.2) is 102 Å². The molecule has 4 rings (SSSR count). The first-order valence-electron chi connectivity index (χ1n) is 14.0. The fourth-order valence-corrected chi connectivity index (χ4v) is 4.37. The molecule has 0 aliphatic rings. The molecule has 0 saturated heterocycles. The van der Waals surface area contributed by atoms with Gasteiger partial charge >= 0.3 is 0 Å². The van der Waals surface area contributed by atoms with Crippen LogP contribution in [0.1, 0.15) is 50.8 Å². The quantitative estimate of drug-likeness (QED) is 0.166. The Kier molecular flexibility index (Phi) is 16.8. The summed E-state index contributed by atoms with van der Waals surface area (Å²) in [5.74, 6) is 1.31. The van der Waals surface area contributed by atoms with Crippen molar-refractivity contribution in [3.8, 4) is 5.75 Å². The SMILES string of the molecule is C/C=C(/c1cccc(C)c1)N(/N=C/CC(C)Cc1ccc2ccccc2c1)c1ccc(OC)cc1.C=O.CC.CO. The van der Waals surface area contributed by atoms with E-state index in [-0.39, 0.29) is 0 Å². The number of hydrogen-bond donors (Lipinski definition) is 1. The van der Waals surface area contributed by atoms with Gasteiger partial charge in [-0.1, -0.05) is 93.1 Å². The van der Waals surface area contributed by atoms with E-state index in [1.165, 1.54) is 21.9 Å². The van der Waals surface area contributed by atoms with Crippen molar-refractivity contribution in [1.29, 1.82) is 0 Å². The van der Waals surface area contributed by atoms with Gasteiger partial charge in [-0.15, -0.1) is 0 Å². The van der Waals surface area contributed by atoms with Crippen molar-refractivity contribution < 1.29 is 14.6 Å². The van der Waals surface area contributed by atoms with Crippen molar-refractivity contribution >= 4 is 35.2 Å². The maximum absolute atomic E-state index is 8.00. The van der Waals surface area contributed by atoms with E-state index < -0.39 is 0 Å². The van der Waals surface area contributed by atoms with Gasteiger partial charge in [-0.3, -0.25) is 0 Å². The summed E-state index contributed by atoms with van der Waals surface area (Å²) in [6, 6.07) is 31.9. The molecule has 1 unspecified atom stereocenters. The van der Waals surface area contributed by atoms with Crippen LogP contribution in [0.3, 0.4) is 0 Å². The molecule has 0 fully saturated rings. The van der Waals surface area contributed by atoms with Gasteiger partial charge in [-0.25, -0.2) is 5.01 Å². The number of carbonyl (C=O) groups excluding carboxylic acids is 1. The summed E-state index contributed by atoms with van der Waals surface area (Å²) in [4.78, 5) is 8.00. The van der Waals surface area contributed by atoms with Crippen LogP contribution >= 0.6 is 0 Å². The second kappa shape index (κ2) is 19.8. The van der Waals surface area contributed by atoms with Crippen molar-refractivity contribution in [2.45, 2.75) is 47.5 Å². The lowest BCUT2D eigenvalue weighted by atomic mass is 9.96. The highest BCUT2D eigenvalue weighted by Crippen LogP contribution is 2.29. The Labute approximate surface area is 246 Å². The summed E-state index contributed by atoms with van der Waals surface area (Å²) >= 11 is 0. The van der Waals surface area contributed by atoms with Gasteiger partial charge in [0.05, 0.1) is 18.5 Å². The second-order valence-corrected chi connectivity index (χ2v) is 9.08. The molecule has 0 heterocycles. The van der Waals surface area contributed by atoms with Gasteiger partial charge in [-0.2, -0.15) is 5.10 Å². The normalized spacial score (nSPS) is 11.3. The average Bonchev–Trinajstić information content (AvgIpc) is 3.03. The number of nitrogens with zero attached hydrogens (tertiary/aromatic N) is 2. The van der Waals surface area contributed by atoms with Crippen molar-refractivity contribution in [2.75, 3.05) is 19.2 Å². The van der Waals surface area contributed by atoms with Gasteiger partial charge in [-0.05, 0) is 79.3 Å². The molecule has 0 aromatic heterocycles. The zero-order chi connectivity index (χ0) is 30.6. The maximum Gasteiger partial charge on any atom is 0.119 e. The largest absolute Gasteiger partial charge is 0.497 e. The lowest BCUT2D eigenvalue weighted by Crippen LogP contribution is -2.15. The highest BCUT2D eigenvalue weighted by Gasteiger charge is 2.13. The van der Waals surface area contributed by atoms with Crippen LogP contribution in [-0.4, -0.2) is 32.3 Å². The second-order valence-electron chi connectivity index (χ2n) is 9.08.